The molecule has 4 nitrogen and oxygen atoms in total. The fraction of sp³-hybridized carbons (Fsp3) is 0.429. The van der Waals surface area contributed by atoms with Crippen molar-refractivity contribution in [1.82, 2.24) is 5.32 Å². The number of hydrogen-bond acceptors (Lipinski definition) is 5. The number of hydrogen-bond donors (Lipinski definition) is 1. The van der Waals surface area contributed by atoms with E-state index < -0.39 is 5.97 Å². The molecule has 0 aliphatic heterocycles. The highest BCUT2D eigenvalue weighted by molar-refractivity contribution is 7.99. The molecule has 1 N–H and O–H groups in total. The van der Waals surface area contributed by atoms with E-state index in [2.05, 4.69) is 43.4 Å². The molecule has 6 heteroatoms. The summed E-state index contributed by atoms with van der Waals surface area (Å²) in [6, 6.07) is 10.2. The summed E-state index contributed by atoms with van der Waals surface area (Å²) < 4.78 is 5.18. The van der Waals surface area contributed by atoms with Crippen molar-refractivity contribution in [1.29, 1.82) is 0 Å². The van der Waals surface area contributed by atoms with E-state index in [0.29, 0.717) is 17.3 Å². The van der Waals surface area contributed by atoms with Crippen LogP contribution in [0.2, 0.25) is 0 Å². The number of ether oxygens (including phenoxy) is 1. The van der Waals surface area contributed by atoms with Crippen LogP contribution in [0.15, 0.2) is 35.2 Å². The fourth-order valence-electron chi connectivity index (χ4n) is 3.05. The average Bonchev–Trinajstić information content (AvgIpc) is 3.08. The summed E-state index contributed by atoms with van der Waals surface area (Å²) in [5.41, 5.74) is 2.50. The van der Waals surface area contributed by atoms with Crippen LogP contribution in [0.1, 0.15) is 39.0 Å². The topological polar surface area (TPSA) is 55.4 Å². The molecule has 0 fully saturated rings. The summed E-state index contributed by atoms with van der Waals surface area (Å²) in [6.45, 7) is 4.61. The summed E-state index contributed by atoms with van der Waals surface area (Å²) in [6.07, 6.45) is 3.23. The molecule has 0 saturated heterocycles. The van der Waals surface area contributed by atoms with Crippen LogP contribution < -0.4 is 5.32 Å². The van der Waals surface area contributed by atoms with E-state index in [9.17, 15) is 9.59 Å². The number of esters is 1. The molecule has 0 spiro atoms. The Morgan fingerprint density at radius 3 is 2.85 bits per heavy atom. The van der Waals surface area contributed by atoms with Crippen LogP contribution >= 0.6 is 23.1 Å². The van der Waals surface area contributed by atoms with Gasteiger partial charge in [-0.1, -0.05) is 24.6 Å². The van der Waals surface area contributed by atoms with E-state index >= 15 is 0 Å². The first-order valence-corrected chi connectivity index (χ1v) is 11.1. The lowest BCUT2D eigenvalue weighted by Gasteiger charge is -2.16. The maximum atomic E-state index is 12.2. The summed E-state index contributed by atoms with van der Waals surface area (Å²) in [4.78, 5) is 27.1. The molecule has 27 heavy (non-hydrogen) atoms. The number of thiophene rings is 1. The van der Waals surface area contributed by atoms with Crippen LogP contribution in [0, 0.1) is 12.8 Å². The van der Waals surface area contributed by atoms with Crippen molar-refractivity contribution in [3.63, 3.8) is 0 Å². The van der Waals surface area contributed by atoms with Crippen LogP contribution in [0.3, 0.4) is 0 Å². The lowest BCUT2D eigenvalue weighted by atomic mass is 9.90. The molecule has 1 atom stereocenters. The Morgan fingerprint density at radius 2 is 2.07 bits per heavy atom. The molecule has 1 aliphatic rings. The molecule has 1 heterocycles. The standard InChI is InChI=1S/C21H25NO3S2/c1-14-3-6-17(7-4-14)26-10-9-22-20(23)13-25-21(24)19-12-16-11-15(2)5-8-18(16)27-19/h3-4,6-7,12,15H,5,8-11,13H2,1-2H3,(H,22,23)/t15-/m0/s1. The lowest BCUT2D eigenvalue weighted by molar-refractivity contribution is -0.124. The number of amides is 1. The molecule has 144 valence electrons. The van der Waals surface area contributed by atoms with Gasteiger partial charge >= 0.3 is 5.97 Å². The number of fused-ring (bicyclic) bond motifs is 1. The van der Waals surface area contributed by atoms with Crippen molar-refractivity contribution in [2.24, 2.45) is 5.92 Å². The Bertz CT molecular complexity index is 798. The van der Waals surface area contributed by atoms with Gasteiger partial charge in [0.2, 0.25) is 0 Å². The summed E-state index contributed by atoms with van der Waals surface area (Å²) in [7, 11) is 0. The van der Waals surface area contributed by atoms with Crippen molar-refractivity contribution < 1.29 is 14.3 Å². The van der Waals surface area contributed by atoms with Gasteiger partial charge in [0, 0.05) is 22.1 Å². The molecule has 3 rings (SSSR count). The number of carbonyl (C=O) groups is 2. The first-order valence-electron chi connectivity index (χ1n) is 9.26. The molecular weight excluding hydrogens is 378 g/mol. The van der Waals surface area contributed by atoms with Gasteiger partial charge in [0.15, 0.2) is 6.61 Å². The van der Waals surface area contributed by atoms with Gasteiger partial charge in [0.05, 0.1) is 0 Å². The normalized spacial score (nSPS) is 15.9. The number of aryl methyl sites for hydroxylation is 2. The van der Waals surface area contributed by atoms with Gasteiger partial charge in [0.1, 0.15) is 4.88 Å². The zero-order chi connectivity index (χ0) is 19.2. The predicted octanol–water partition coefficient (Wildman–Crippen LogP) is 4.25. The third-order valence-corrected chi connectivity index (χ3v) is 6.81. The summed E-state index contributed by atoms with van der Waals surface area (Å²) in [5, 5.41) is 2.79. The molecule has 2 aromatic rings. The van der Waals surface area contributed by atoms with Gasteiger partial charge in [-0.3, -0.25) is 4.79 Å². The molecule has 0 bridgehead atoms. The molecule has 0 unspecified atom stereocenters. The smallest absolute Gasteiger partial charge is 0.348 e. The number of benzene rings is 1. The number of carbonyl (C=O) groups excluding carboxylic acids is 2. The van der Waals surface area contributed by atoms with E-state index in [4.69, 9.17) is 4.74 Å². The maximum Gasteiger partial charge on any atom is 0.348 e. The predicted molar refractivity (Wildman–Crippen MR) is 111 cm³/mol. The Morgan fingerprint density at radius 1 is 1.30 bits per heavy atom. The van der Waals surface area contributed by atoms with Gasteiger partial charge < -0.3 is 10.1 Å². The Balaban J connectivity index is 1.36. The number of thioether (sulfide) groups is 1. The van der Waals surface area contributed by atoms with Crippen molar-refractivity contribution in [3.8, 4) is 0 Å². The minimum Gasteiger partial charge on any atom is -0.451 e. The van der Waals surface area contributed by atoms with Gasteiger partial charge in [-0.2, -0.15) is 0 Å². The highest BCUT2D eigenvalue weighted by atomic mass is 32.2. The third-order valence-electron chi connectivity index (χ3n) is 4.58. The molecule has 0 saturated carbocycles. The average molecular weight is 404 g/mol. The minimum atomic E-state index is -0.397. The molecule has 0 radical (unpaired) electrons. The van der Waals surface area contributed by atoms with Crippen LogP contribution in [-0.4, -0.2) is 30.8 Å². The highest BCUT2D eigenvalue weighted by Crippen LogP contribution is 2.32. The fourth-order valence-corrected chi connectivity index (χ4v) is 4.92. The van der Waals surface area contributed by atoms with E-state index in [1.807, 2.05) is 6.07 Å². The summed E-state index contributed by atoms with van der Waals surface area (Å²) in [5.74, 6) is 0.784. The molecule has 1 aromatic carbocycles. The second kappa shape index (κ2) is 9.42. The first kappa shape index (κ1) is 20.0. The second-order valence-electron chi connectivity index (χ2n) is 6.99. The van der Waals surface area contributed by atoms with E-state index in [1.165, 1.54) is 38.7 Å². The van der Waals surface area contributed by atoms with Crippen LogP contribution in [0.25, 0.3) is 0 Å². The quantitative estimate of drug-likeness (QED) is 0.427. The van der Waals surface area contributed by atoms with Crippen LogP contribution in [0.4, 0.5) is 0 Å². The monoisotopic (exact) mass is 403 g/mol. The van der Waals surface area contributed by atoms with Crippen molar-refractivity contribution >= 4 is 35.0 Å². The minimum absolute atomic E-state index is 0.229. The van der Waals surface area contributed by atoms with E-state index in [-0.39, 0.29) is 12.5 Å². The van der Waals surface area contributed by atoms with Gasteiger partial charge in [-0.05, 0) is 55.9 Å². The highest BCUT2D eigenvalue weighted by Gasteiger charge is 2.21. The van der Waals surface area contributed by atoms with Crippen molar-refractivity contribution in [2.75, 3.05) is 18.9 Å². The summed E-state index contributed by atoms with van der Waals surface area (Å²) >= 11 is 3.19. The van der Waals surface area contributed by atoms with Crippen molar-refractivity contribution in [3.05, 3.63) is 51.2 Å². The Kier molecular flexibility index (Phi) is 6.96. The maximum absolute atomic E-state index is 12.2. The van der Waals surface area contributed by atoms with E-state index in [1.54, 1.807) is 11.8 Å². The van der Waals surface area contributed by atoms with Gasteiger partial charge in [-0.15, -0.1) is 23.1 Å². The first-order chi connectivity index (χ1) is 13.0. The second-order valence-corrected chi connectivity index (χ2v) is 9.30. The van der Waals surface area contributed by atoms with Crippen molar-refractivity contribution in [2.45, 2.75) is 38.0 Å². The largest absolute Gasteiger partial charge is 0.451 e. The molecular formula is C21H25NO3S2. The van der Waals surface area contributed by atoms with Gasteiger partial charge in [0.25, 0.3) is 5.91 Å². The van der Waals surface area contributed by atoms with E-state index in [0.717, 1.165) is 18.6 Å². The van der Waals surface area contributed by atoms with Crippen LogP contribution in [-0.2, 0) is 22.4 Å². The number of nitrogens with one attached hydrogen (secondary N) is 1. The lowest BCUT2D eigenvalue weighted by Crippen LogP contribution is -2.30. The third kappa shape index (κ3) is 5.84. The Hall–Kier alpha value is -1.79. The van der Waals surface area contributed by atoms with Gasteiger partial charge in [-0.25, -0.2) is 4.79 Å². The zero-order valence-corrected chi connectivity index (χ0v) is 17.4. The SMILES string of the molecule is Cc1ccc(SCCNC(=O)COC(=O)c2cc3c(s2)CC[C@H](C)C3)cc1. The van der Waals surface area contributed by atoms with Crippen LogP contribution in [0.5, 0.6) is 0 Å². The molecule has 1 aromatic heterocycles. The molecule has 1 aliphatic carbocycles. The number of rotatable bonds is 7. The Labute approximate surface area is 168 Å². The zero-order valence-electron chi connectivity index (χ0n) is 15.7. The molecule has 1 amide bonds.